The van der Waals surface area contributed by atoms with Gasteiger partial charge in [-0.2, -0.15) is 0 Å². The van der Waals surface area contributed by atoms with Crippen LogP contribution < -0.4 is 9.47 Å². The molecule has 0 radical (unpaired) electrons. The molecule has 2 heterocycles. The minimum absolute atomic E-state index is 0.0315. The maximum atomic E-state index is 12.9. The van der Waals surface area contributed by atoms with Gasteiger partial charge in [0.15, 0.2) is 17.3 Å². The van der Waals surface area contributed by atoms with Gasteiger partial charge in [-0.05, 0) is 49.4 Å². The quantitative estimate of drug-likeness (QED) is 0.300. The number of nitrogens with zero attached hydrogens (tertiary/aromatic N) is 2. The van der Waals surface area contributed by atoms with Crippen LogP contribution in [0.1, 0.15) is 33.6 Å². The molecule has 31 heavy (non-hydrogen) atoms. The Morgan fingerprint density at radius 1 is 1.03 bits per heavy atom. The molecule has 0 N–H and O–H groups in total. The molecule has 2 aromatic carbocycles. The third-order valence-electron chi connectivity index (χ3n) is 5.60. The Hall–Kier alpha value is -3.07. The lowest BCUT2D eigenvalue weighted by Gasteiger charge is -2.31. The van der Waals surface area contributed by atoms with E-state index in [1.165, 1.54) is 17.8 Å². The van der Waals surface area contributed by atoms with Crippen molar-refractivity contribution in [3.63, 3.8) is 0 Å². The van der Waals surface area contributed by atoms with Gasteiger partial charge in [0.25, 0.3) is 11.6 Å². The molecule has 2 aromatic rings. The fourth-order valence-corrected chi connectivity index (χ4v) is 4.47. The van der Waals surface area contributed by atoms with Gasteiger partial charge < -0.3 is 14.4 Å². The number of nitro groups is 1. The summed E-state index contributed by atoms with van der Waals surface area (Å²) in [5.74, 6) is 0.828. The molecule has 4 rings (SSSR count). The van der Waals surface area contributed by atoms with E-state index in [4.69, 9.17) is 9.47 Å². The standard InChI is InChI=1S/C22H22N2O6S/c1-31-20-5-3-16(12-17(20)24(27)28)22(26)23-8-6-14(7-9-23)21(25)15-2-4-18-19(13-15)30-11-10-29-18/h2-5,12-14H,6-11H2,1H3. The lowest BCUT2D eigenvalue weighted by Crippen LogP contribution is -2.40. The Balaban J connectivity index is 1.41. The first kappa shape index (κ1) is 21.2. The van der Waals surface area contributed by atoms with Crippen molar-refractivity contribution >= 4 is 29.1 Å². The zero-order valence-electron chi connectivity index (χ0n) is 17.0. The molecule has 1 amide bonds. The summed E-state index contributed by atoms with van der Waals surface area (Å²) >= 11 is 1.27. The fourth-order valence-electron chi connectivity index (χ4n) is 3.93. The molecule has 8 nitrogen and oxygen atoms in total. The lowest BCUT2D eigenvalue weighted by molar-refractivity contribution is -0.387. The monoisotopic (exact) mass is 442 g/mol. The van der Waals surface area contributed by atoms with E-state index in [0.717, 1.165) is 0 Å². The second-order valence-electron chi connectivity index (χ2n) is 7.43. The SMILES string of the molecule is CSc1ccc(C(=O)N2CCC(C(=O)c3ccc4c(c3)OCCO4)CC2)cc1[N+](=O)[O-]. The highest BCUT2D eigenvalue weighted by molar-refractivity contribution is 7.98. The van der Waals surface area contributed by atoms with Crippen LogP contribution in [0.3, 0.4) is 0 Å². The second kappa shape index (κ2) is 8.97. The van der Waals surface area contributed by atoms with E-state index in [9.17, 15) is 19.7 Å². The van der Waals surface area contributed by atoms with Crippen LogP contribution in [0.4, 0.5) is 5.69 Å². The van der Waals surface area contributed by atoms with Crippen LogP contribution in [-0.4, -0.2) is 54.1 Å². The number of likely N-dealkylation sites (tertiary alicyclic amines) is 1. The summed E-state index contributed by atoms with van der Waals surface area (Å²) in [7, 11) is 0. The Bertz CT molecular complexity index is 1030. The highest BCUT2D eigenvalue weighted by atomic mass is 32.2. The lowest BCUT2D eigenvalue weighted by atomic mass is 9.88. The molecule has 2 aliphatic rings. The first-order valence-corrected chi connectivity index (χ1v) is 11.3. The van der Waals surface area contributed by atoms with Gasteiger partial charge in [-0.1, -0.05) is 0 Å². The number of hydrogen-bond donors (Lipinski definition) is 0. The van der Waals surface area contributed by atoms with Crippen molar-refractivity contribution in [1.82, 2.24) is 4.90 Å². The van der Waals surface area contributed by atoms with Gasteiger partial charge in [0.05, 0.1) is 9.82 Å². The number of ketones is 1. The molecule has 0 aliphatic carbocycles. The molecule has 162 valence electrons. The van der Waals surface area contributed by atoms with Crippen LogP contribution >= 0.6 is 11.8 Å². The summed E-state index contributed by atoms with van der Waals surface area (Å²) in [6, 6.07) is 9.79. The van der Waals surface area contributed by atoms with Crippen molar-refractivity contribution in [2.75, 3.05) is 32.6 Å². The van der Waals surface area contributed by atoms with Gasteiger partial charge in [0, 0.05) is 36.2 Å². The Morgan fingerprint density at radius 3 is 2.39 bits per heavy atom. The average Bonchev–Trinajstić information content (AvgIpc) is 2.82. The van der Waals surface area contributed by atoms with Crippen LogP contribution in [0, 0.1) is 16.0 Å². The highest BCUT2D eigenvalue weighted by Crippen LogP contribution is 2.33. The summed E-state index contributed by atoms with van der Waals surface area (Å²) in [4.78, 5) is 38.8. The number of rotatable bonds is 5. The number of carbonyl (C=O) groups excluding carboxylic acids is 2. The van der Waals surface area contributed by atoms with Gasteiger partial charge >= 0.3 is 0 Å². The van der Waals surface area contributed by atoms with Crippen LogP contribution in [0.5, 0.6) is 11.5 Å². The van der Waals surface area contributed by atoms with E-state index in [1.807, 2.05) is 0 Å². The first-order chi connectivity index (χ1) is 15.0. The van der Waals surface area contributed by atoms with Crippen molar-refractivity contribution in [3.8, 4) is 11.5 Å². The largest absolute Gasteiger partial charge is 0.486 e. The van der Waals surface area contributed by atoms with Crippen molar-refractivity contribution < 1.29 is 24.0 Å². The van der Waals surface area contributed by atoms with E-state index in [1.54, 1.807) is 41.5 Å². The smallest absolute Gasteiger partial charge is 0.283 e. The molecular formula is C22H22N2O6S. The predicted molar refractivity (Wildman–Crippen MR) is 115 cm³/mol. The number of piperidine rings is 1. The molecule has 0 bridgehead atoms. The molecule has 0 aromatic heterocycles. The third kappa shape index (κ3) is 4.36. The fraction of sp³-hybridized carbons (Fsp3) is 0.364. The van der Waals surface area contributed by atoms with Crippen LogP contribution in [0.2, 0.25) is 0 Å². The Kier molecular flexibility index (Phi) is 6.13. The summed E-state index contributed by atoms with van der Waals surface area (Å²) in [5, 5.41) is 11.3. The molecule has 9 heteroatoms. The summed E-state index contributed by atoms with van der Waals surface area (Å²) in [5.41, 5.74) is 0.806. The maximum absolute atomic E-state index is 12.9. The molecular weight excluding hydrogens is 420 g/mol. The van der Waals surface area contributed by atoms with E-state index < -0.39 is 4.92 Å². The third-order valence-corrected chi connectivity index (χ3v) is 6.39. The zero-order chi connectivity index (χ0) is 22.0. The molecule has 2 aliphatic heterocycles. The van der Waals surface area contributed by atoms with E-state index >= 15 is 0 Å². The molecule has 0 unspecified atom stereocenters. The number of hydrogen-bond acceptors (Lipinski definition) is 7. The predicted octanol–water partition coefficient (Wildman–Crippen LogP) is 3.82. The van der Waals surface area contributed by atoms with Crippen LogP contribution in [0.15, 0.2) is 41.3 Å². The molecule has 0 saturated carbocycles. The van der Waals surface area contributed by atoms with Crippen molar-refractivity contribution in [2.45, 2.75) is 17.7 Å². The summed E-state index contributed by atoms with van der Waals surface area (Å²) in [6.07, 6.45) is 2.85. The van der Waals surface area contributed by atoms with Crippen molar-refractivity contribution in [3.05, 3.63) is 57.6 Å². The van der Waals surface area contributed by atoms with Gasteiger partial charge in [-0.3, -0.25) is 19.7 Å². The number of fused-ring (bicyclic) bond motifs is 1. The topological polar surface area (TPSA) is 99.0 Å². The van der Waals surface area contributed by atoms with Crippen LogP contribution in [0.25, 0.3) is 0 Å². The number of ether oxygens (including phenoxy) is 2. The molecule has 1 fully saturated rings. The first-order valence-electron chi connectivity index (χ1n) is 10.0. The van der Waals surface area contributed by atoms with E-state index in [0.29, 0.717) is 66.7 Å². The minimum atomic E-state index is -0.471. The minimum Gasteiger partial charge on any atom is -0.486 e. The summed E-state index contributed by atoms with van der Waals surface area (Å²) < 4.78 is 11.1. The number of benzene rings is 2. The van der Waals surface area contributed by atoms with Gasteiger partial charge in [0.2, 0.25) is 0 Å². The van der Waals surface area contributed by atoms with Crippen LogP contribution in [-0.2, 0) is 0 Å². The number of amides is 1. The molecule has 1 saturated heterocycles. The summed E-state index contributed by atoms with van der Waals surface area (Å²) in [6.45, 7) is 1.81. The van der Waals surface area contributed by atoms with Gasteiger partial charge in [0.1, 0.15) is 13.2 Å². The number of Topliss-reactive ketones (excluding diaryl/α,β-unsaturated/α-hetero) is 1. The normalized spacial score (nSPS) is 16.1. The van der Waals surface area contributed by atoms with Crippen molar-refractivity contribution in [1.29, 1.82) is 0 Å². The number of nitro benzene ring substituents is 1. The molecule has 0 atom stereocenters. The van der Waals surface area contributed by atoms with E-state index in [-0.39, 0.29) is 23.3 Å². The molecule has 0 spiro atoms. The average molecular weight is 442 g/mol. The van der Waals surface area contributed by atoms with Crippen molar-refractivity contribution in [2.24, 2.45) is 5.92 Å². The van der Waals surface area contributed by atoms with Gasteiger partial charge in [-0.25, -0.2) is 0 Å². The zero-order valence-corrected chi connectivity index (χ0v) is 17.9. The number of carbonyl (C=O) groups is 2. The maximum Gasteiger partial charge on any atom is 0.283 e. The highest BCUT2D eigenvalue weighted by Gasteiger charge is 2.30. The number of thioether (sulfide) groups is 1. The van der Waals surface area contributed by atoms with E-state index in [2.05, 4.69) is 0 Å². The van der Waals surface area contributed by atoms with Gasteiger partial charge in [-0.15, -0.1) is 11.8 Å². The second-order valence-corrected chi connectivity index (χ2v) is 8.28. The Labute approximate surface area is 183 Å². The Morgan fingerprint density at radius 2 is 1.71 bits per heavy atom.